The minimum atomic E-state index is -0.200. The van der Waals surface area contributed by atoms with E-state index in [4.69, 9.17) is 27.9 Å². The lowest BCUT2D eigenvalue weighted by Crippen LogP contribution is -2.30. The van der Waals surface area contributed by atoms with Crippen molar-refractivity contribution in [1.29, 1.82) is 0 Å². The minimum Gasteiger partial charge on any atom is -0.482 e. The number of benzene rings is 1. The van der Waals surface area contributed by atoms with Crippen LogP contribution in [0.15, 0.2) is 23.4 Å². The Hall–Kier alpha value is -1.44. The van der Waals surface area contributed by atoms with Gasteiger partial charge in [-0.25, -0.2) is 0 Å². The van der Waals surface area contributed by atoms with Crippen LogP contribution in [-0.2, 0) is 17.8 Å². The molecule has 0 aliphatic heterocycles. The number of aryl methyl sites for hydroxylation is 1. The third-order valence-corrected chi connectivity index (χ3v) is 4.87. The average Bonchev–Trinajstić information content (AvgIpc) is 2.99. The zero-order valence-electron chi connectivity index (χ0n) is 15.7. The summed E-state index contributed by atoms with van der Waals surface area (Å²) in [5, 5.41) is 13.2. The Morgan fingerprint density at radius 2 is 2.11 bits per heavy atom. The first kappa shape index (κ1) is 21.9. The fraction of sp³-hybridized carbons (Fsp3) is 0.500. The van der Waals surface area contributed by atoms with Crippen LogP contribution in [-0.4, -0.2) is 40.1 Å². The van der Waals surface area contributed by atoms with Gasteiger partial charge in [0.25, 0.3) is 5.91 Å². The quantitative estimate of drug-likeness (QED) is 0.453. The molecular formula is C18H24Cl2N4O2S. The zero-order chi connectivity index (χ0) is 19.8. The Morgan fingerprint density at radius 3 is 2.78 bits per heavy atom. The molecule has 6 nitrogen and oxygen atoms in total. The highest BCUT2D eigenvalue weighted by molar-refractivity contribution is 7.98. The van der Waals surface area contributed by atoms with Crippen LogP contribution < -0.4 is 10.1 Å². The molecule has 2 aromatic rings. The van der Waals surface area contributed by atoms with E-state index in [1.165, 1.54) is 0 Å². The number of thioether (sulfide) groups is 1. The van der Waals surface area contributed by atoms with Gasteiger partial charge in [-0.1, -0.05) is 48.8 Å². The zero-order valence-corrected chi connectivity index (χ0v) is 18.0. The second-order valence-corrected chi connectivity index (χ2v) is 8.04. The summed E-state index contributed by atoms with van der Waals surface area (Å²) in [4.78, 5) is 11.9. The Labute approximate surface area is 174 Å². The largest absolute Gasteiger partial charge is 0.482 e. The second kappa shape index (κ2) is 10.8. The number of amides is 1. The molecule has 0 atom stereocenters. The summed E-state index contributed by atoms with van der Waals surface area (Å²) in [6.45, 7) is 5.67. The first-order chi connectivity index (χ1) is 12.9. The molecule has 0 saturated carbocycles. The minimum absolute atomic E-state index is 0.0957. The maximum absolute atomic E-state index is 11.9. The number of ether oxygens (including phenoxy) is 1. The van der Waals surface area contributed by atoms with E-state index >= 15 is 0 Å². The molecule has 2 rings (SSSR count). The topological polar surface area (TPSA) is 69.0 Å². The Morgan fingerprint density at radius 1 is 1.33 bits per heavy atom. The highest BCUT2D eigenvalue weighted by atomic mass is 35.5. The summed E-state index contributed by atoms with van der Waals surface area (Å²) in [6, 6.07) is 4.88. The van der Waals surface area contributed by atoms with Crippen LogP contribution in [0, 0.1) is 5.92 Å². The number of nitrogens with zero attached hydrogens (tertiary/aromatic N) is 3. The van der Waals surface area contributed by atoms with Crippen LogP contribution >= 0.6 is 35.0 Å². The smallest absolute Gasteiger partial charge is 0.257 e. The summed E-state index contributed by atoms with van der Waals surface area (Å²) in [6.07, 6.45) is 3.53. The molecule has 0 saturated heterocycles. The molecule has 0 spiro atoms. The second-order valence-electron chi connectivity index (χ2n) is 6.42. The van der Waals surface area contributed by atoms with E-state index in [9.17, 15) is 4.79 Å². The molecule has 1 heterocycles. The van der Waals surface area contributed by atoms with E-state index in [1.807, 2.05) is 6.26 Å². The van der Waals surface area contributed by atoms with Crippen molar-refractivity contribution < 1.29 is 9.53 Å². The van der Waals surface area contributed by atoms with Crippen molar-refractivity contribution in [2.24, 2.45) is 5.92 Å². The molecule has 1 amide bonds. The standard InChI is InChI=1S/C18H24Cl2N4O2S/c1-12(2)10-24-16(22-23-18(24)27-3)5-4-8-21-17(25)11-26-15-7-6-13(19)9-14(15)20/h6-7,9,12H,4-5,8,10-11H2,1-3H3,(H,21,25). The van der Waals surface area contributed by atoms with E-state index in [0.29, 0.717) is 28.3 Å². The van der Waals surface area contributed by atoms with E-state index in [1.54, 1.807) is 30.0 Å². The van der Waals surface area contributed by atoms with Gasteiger partial charge in [0.05, 0.1) is 5.02 Å². The van der Waals surface area contributed by atoms with Crippen molar-refractivity contribution >= 4 is 40.9 Å². The van der Waals surface area contributed by atoms with Crippen LogP contribution in [0.3, 0.4) is 0 Å². The first-order valence-electron chi connectivity index (χ1n) is 8.71. The van der Waals surface area contributed by atoms with Gasteiger partial charge in [0.15, 0.2) is 11.8 Å². The average molecular weight is 431 g/mol. The predicted octanol–water partition coefficient (Wildman–Crippen LogP) is 4.09. The molecule has 0 aliphatic carbocycles. The van der Waals surface area contributed by atoms with Crippen molar-refractivity contribution in [3.63, 3.8) is 0 Å². The molecule has 1 aromatic carbocycles. The molecule has 9 heteroatoms. The normalized spacial score (nSPS) is 11.0. The third kappa shape index (κ3) is 6.90. The number of carbonyl (C=O) groups is 1. The summed E-state index contributed by atoms with van der Waals surface area (Å²) in [7, 11) is 0. The van der Waals surface area contributed by atoms with Gasteiger partial charge in [0.1, 0.15) is 11.6 Å². The van der Waals surface area contributed by atoms with E-state index in [0.717, 1.165) is 30.4 Å². The first-order valence-corrected chi connectivity index (χ1v) is 10.7. The van der Waals surface area contributed by atoms with Crippen LogP contribution in [0.25, 0.3) is 0 Å². The lowest BCUT2D eigenvalue weighted by atomic mass is 10.2. The SMILES string of the molecule is CSc1nnc(CCCNC(=O)COc2ccc(Cl)cc2Cl)n1CC(C)C. The Kier molecular flexibility index (Phi) is 8.73. The van der Waals surface area contributed by atoms with Crippen LogP contribution in [0.5, 0.6) is 5.75 Å². The van der Waals surface area contributed by atoms with Crippen molar-refractivity contribution in [3.8, 4) is 5.75 Å². The van der Waals surface area contributed by atoms with Crippen LogP contribution in [0.4, 0.5) is 0 Å². The van der Waals surface area contributed by atoms with Crippen LogP contribution in [0.2, 0.25) is 10.0 Å². The van der Waals surface area contributed by atoms with E-state index < -0.39 is 0 Å². The Bertz CT molecular complexity index is 768. The number of aromatic nitrogens is 3. The van der Waals surface area contributed by atoms with Gasteiger partial charge < -0.3 is 14.6 Å². The fourth-order valence-corrected chi connectivity index (χ4v) is 3.45. The maximum atomic E-state index is 11.9. The Balaban J connectivity index is 1.75. The summed E-state index contributed by atoms with van der Waals surface area (Å²) < 4.78 is 7.57. The number of carbonyl (C=O) groups excluding carboxylic acids is 1. The summed E-state index contributed by atoms with van der Waals surface area (Å²) >= 11 is 13.4. The van der Waals surface area contributed by atoms with Gasteiger partial charge in [-0.15, -0.1) is 10.2 Å². The third-order valence-electron chi connectivity index (χ3n) is 3.68. The molecule has 148 valence electrons. The molecule has 27 heavy (non-hydrogen) atoms. The van der Waals surface area contributed by atoms with Gasteiger partial charge in [-0.3, -0.25) is 4.79 Å². The van der Waals surface area contributed by atoms with E-state index in [-0.39, 0.29) is 12.5 Å². The lowest BCUT2D eigenvalue weighted by Gasteiger charge is -2.12. The van der Waals surface area contributed by atoms with Crippen molar-refractivity contribution in [1.82, 2.24) is 20.1 Å². The van der Waals surface area contributed by atoms with Gasteiger partial charge in [-0.2, -0.15) is 0 Å². The van der Waals surface area contributed by atoms with E-state index in [2.05, 4.69) is 33.9 Å². The molecule has 0 aliphatic rings. The van der Waals surface area contributed by atoms with Crippen molar-refractivity contribution in [3.05, 3.63) is 34.1 Å². The van der Waals surface area contributed by atoms with Crippen molar-refractivity contribution in [2.75, 3.05) is 19.4 Å². The summed E-state index contributed by atoms with van der Waals surface area (Å²) in [5.41, 5.74) is 0. The predicted molar refractivity (Wildman–Crippen MR) is 110 cm³/mol. The molecular weight excluding hydrogens is 407 g/mol. The van der Waals surface area contributed by atoms with Gasteiger partial charge in [-0.05, 0) is 36.8 Å². The summed E-state index contributed by atoms with van der Waals surface area (Å²) in [5.74, 6) is 1.70. The van der Waals surface area contributed by atoms with Gasteiger partial charge >= 0.3 is 0 Å². The lowest BCUT2D eigenvalue weighted by molar-refractivity contribution is -0.123. The van der Waals surface area contributed by atoms with Crippen LogP contribution in [0.1, 0.15) is 26.1 Å². The molecule has 1 aromatic heterocycles. The number of rotatable bonds is 10. The fourth-order valence-electron chi connectivity index (χ4n) is 2.46. The number of nitrogens with one attached hydrogen (secondary N) is 1. The monoisotopic (exact) mass is 430 g/mol. The molecule has 0 bridgehead atoms. The van der Waals surface area contributed by atoms with Crippen molar-refractivity contribution in [2.45, 2.75) is 38.4 Å². The van der Waals surface area contributed by atoms with Gasteiger partial charge in [0.2, 0.25) is 0 Å². The number of hydrogen-bond acceptors (Lipinski definition) is 5. The molecule has 0 fully saturated rings. The maximum Gasteiger partial charge on any atom is 0.257 e. The number of hydrogen-bond donors (Lipinski definition) is 1. The highest BCUT2D eigenvalue weighted by Crippen LogP contribution is 2.27. The molecule has 0 radical (unpaired) electrons. The highest BCUT2D eigenvalue weighted by Gasteiger charge is 2.12. The molecule has 1 N–H and O–H groups in total. The number of halogens is 2. The van der Waals surface area contributed by atoms with Gasteiger partial charge in [0, 0.05) is 24.5 Å². The molecule has 0 unspecified atom stereocenters.